The molecular weight excluding hydrogens is 516 g/mol. The Labute approximate surface area is 214 Å². The Kier molecular flexibility index (Phi) is 8.85. The molecule has 3 N–H and O–H groups in total. The fourth-order valence-electron chi connectivity index (χ4n) is 3.12. The minimum atomic E-state index is -1.40. The quantitative estimate of drug-likeness (QED) is 0.307. The molecular formula is C23H19ClN2O7S2. The molecule has 1 saturated heterocycles. The molecule has 1 fully saturated rings. The molecule has 3 rings (SSSR count). The second-order valence-electron chi connectivity index (χ2n) is 7.22. The smallest absolute Gasteiger partial charge is 0.326 e. The number of carbonyl (C=O) groups excluding carboxylic acids is 2. The average molecular weight is 535 g/mol. The van der Waals surface area contributed by atoms with E-state index in [4.69, 9.17) is 33.7 Å². The number of carboxylic acid groups (broad SMARTS) is 2. The number of hydrogen-bond acceptors (Lipinski definition) is 7. The van der Waals surface area contributed by atoms with Crippen LogP contribution in [0.2, 0.25) is 5.02 Å². The molecule has 1 heterocycles. The highest BCUT2D eigenvalue weighted by molar-refractivity contribution is 8.26. The Bertz CT molecular complexity index is 1200. The summed E-state index contributed by atoms with van der Waals surface area (Å²) in [6.07, 6.45) is 0.774. The van der Waals surface area contributed by atoms with Crippen molar-refractivity contribution in [1.29, 1.82) is 0 Å². The predicted molar refractivity (Wildman–Crippen MR) is 135 cm³/mol. The van der Waals surface area contributed by atoms with Crippen LogP contribution in [0.5, 0.6) is 5.75 Å². The van der Waals surface area contributed by atoms with Gasteiger partial charge < -0.3 is 20.3 Å². The summed E-state index contributed by atoms with van der Waals surface area (Å²) in [6, 6.07) is 11.9. The van der Waals surface area contributed by atoms with Crippen molar-refractivity contribution in [2.24, 2.45) is 0 Å². The standard InChI is InChI=1S/C23H19ClN2O7S2/c24-14-5-7-15(8-6-14)25-19(27)12-33-17-4-2-1-3-13(17)11-18-21(30)26(23(34)35-18)16(22(31)32)9-10-20(28)29/h1-8,11,16H,9-10,12H2,(H,25,27)(H,28,29)(H,31,32)/b18-11-. The lowest BCUT2D eigenvalue weighted by Crippen LogP contribution is -2.44. The van der Waals surface area contributed by atoms with E-state index in [1.54, 1.807) is 48.5 Å². The Hall–Kier alpha value is -3.41. The first kappa shape index (κ1) is 26.2. The number of hydrogen-bond donors (Lipinski definition) is 3. The van der Waals surface area contributed by atoms with E-state index in [-0.39, 0.29) is 22.3 Å². The number of aliphatic carboxylic acids is 2. The van der Waals surface area contributed by atoms with E-state index in [2.05, 4.69) is 5.32 Å². The van der Waals surface area contributed by atoms with Crippen LogP contribution in [0.25, 0.3) is 6.08 Å². The van der Waals surface area contributed by atoms with E-state index in [9.17, 15) is 24.3 Å². The maximum atomic E-state index is 12.9. The molecule has 1 aliphatic heterocycles. The zero-order chi connectivity index (χ0) is 25.5. The van der Waals surface area contributed by atoms with Crippen LogP contribution >= 0.6 is 35.6 Å². The fraction of sp³-hybridized carbons (Fsp3) is 0.174. The highest BCUT2D eigenvalue weighted by Gasteiger charge is 2.40. The fourth-order valence-corrected chi connectivity index (χ4v) is 4.59. The topological polar surface area (TPSA) is 133 Å². The van der Waals surface area contributed by atoms with Crippen LogP contribution in [0.4, 0.5) is 5.69 Å². The molecule has 2 amide bonds. The van der Waals surface area contributed by atoms with Crippen molar-refractivity contribution in [2.75, 3.05) is 11.9 Å². The Morgan fingerprint density at radius 1 is 1.14 bits per heavy atom. The lowest BCUT2D eigenvalue weighted by Gasteiger charge is -2.22. The maximum absolute atomic E-state index is 12.9. The van der Waals surface area contributed by atoms with Gasteiger partial charge in [0.25, 0.3) is 11.8 Å². The van der Waals surface area contributed by atoms with Crippen LogP contribution in [0.3, 0.4) is 0 Å². The summed E-state index contributed by atoms with van der Waals surface area (Å²) in [5.74, 6) is -3.25. The van der Waals surface area contributed by atoms with Crippen LogP contribution in [0.15, 0.2) is 53.4 Å². The summed E-state index contributed by atoms with van der Waals surface area (Å²) in [6.45, 7) is -0.301. The van der Waals surface area contributed by atoms with Gasteiger partial charge in [0, 0.05) is 22.7 Å². The first-order valence-corrected chi connectivity index (χ1v) is 11.7. The van der Waals surface area contributed by atoms with Gasteiger partial charge in [-0.1, -0.05) is 53.8 Å². The summed E-state index contributed by atoms with van der Waals surface area (Å²) >= 11 is 11.9. The van der Waals surface area contributed by atoms with E-state index in [1.807, 2.05) is 0 Å². The molecule has 0 saturated carbocycles. The molecule has 2 aromatic carbocycles. The molecule has 0 aromatic heterocycles. The number of thiocarbonyl (C=S) groups is 1. The summed E-state index contributed by atoms with van der Waals surface area (Å²) in [5, 5.41) is 21.6. The molecule has 1 atom stereocenters. The highest BCUT2D eigenvalue weighted by Crippen LogP contribution is 2.36. The zero-order valence-electron chi connectivity index (χ0n) is 18.0. The van der Waals surface area contributed by atoms with Crippen molar-refractivity contribution in [2.45, 2.75) is 18.9 Å². The number of anilines is 1. The van der Waals surface area contributed by atoms with Crippen molar-refractivity contribution in [3.8, 4) is 5.75 Å². The van der Waals surface area contributed by atoms with Crippen LogP contribution in [-0.4, -0.2) is 55.8 Å². The van der Waals surface area contributed by atoms with Crippen LogP contribution < -0.4 is 10.1 Å². The number of nitrogens with zero attached hydrogens (tertiary/aromatic N) is 1. The minimum Gasteiger partial charge on any atom is -0.483 e. The number of amides is 2. The number of carbonyl (C=O) groups is 4. The molecule has 0 aliphatic carbocycles. The molecule has 0 bridgehead atoms. The summed E-state index contributed by atoms with van der Waals surface area (Å²) in [4.78, 5) is 48.8. The molecule has 0 spiro atoms. The maximum Gasteiger partial charge on any atom is 0.326 e. The number of thioether (sulfide) groups is 1. The molecule has 2 aromatic rings. The van der Waals surface area contributed by atoms with Crippen LogP contribution in [0, 0.1) is 0 Å². The third kappa shape index (κ3) is 7.04. The first-order chi connectivity index (χ1) is 16.7. The largest absolute Gasteiger partial charge is 0.483 e. The van der Waals surface area contributed by atoms with E-state index >= 15 is 0 Å². The monoisotopic (exact) mass is 534 g/mol. The number of para-hydroxylation sites is 1. The van der Waals surface area contributed by atoms with E-state index in [0.717, 1.165) is 16.7 Å². The predicted octanol–water partition coefficient (Wildman–Crippen LogP) is 3.88. The number of rotatable bonds is 10. The Morgan fingerprint density at radius 3 is 2.49 bits per heavy atom. The molecule has 12 heteroatoms. The van der Waals surface area contributed by atoms with Crippen molar-refractivity contribution in [3.05, 3.63) is 64.0 Å². The lowest BCUT2D eigenvalue weighted by atomic mass is 10.1. The molecule has 0 radical (unpaired) electrons. The molecule has 1 unspecified atom stereocenters. The van der Waals surface area contributed by atoms with Crippen molar-refractivity contribution < 1.29 is 34.1 Å². The van der Waals surface area contributed by atoms with Crippen LogP contribution in [-0.2, 0) is 19.2 Å². The molecule has 35 heavy (non-hydrogen) atoms. The van der Waals surface area contributed by atoms with Gasteiger partial charge >= 0.3 is 11.9 Å². The lowest BCUT2D eigenvalue weighted by molar-refractivity contribution is -0.146. The van der Waals surface area contributed by atoms with Gasteiger partial charge in [-0.15, -0.1) is 0 Å². The zero-order valence-corrected chi connectivity index (χ0v) is 20.4. The van der Waals surface area contributed by atoms with Gasteiger partial charge in [-0.2, -0.15) is 0 Å². The second kappa shape index (κ2) is 11.8. The van der Waals surface area contributed by atoms with E-state index in [0.29, 0.717) is 22.0 Å². The summed E-state index contributed by atoms with van der Waals surface area (Å²) < 4.78 is 5.65. The molecule has 182 valence electrons. The van der Waals surface area contributed by atoms with Gasteiger partial charge in [-0.05, 0) is 42.8 Å². The number of halogens is 1. The Balaban J connectivity index is 1.72. The minimum absolute atomic E-state index is 0.0137. The van der Waals surface area contributed by atoms with Gasteiger partial charge in [0.2, 0.25) is 0 Å². The highest BCUT2D eigenvalue weighted by atomic mass is 35.5. The van der Waals surface area contributed by atoms with Gasteiger partial charge in [0.1, 0.15) is 16.1 Å². The number of ether oxygens (including phenoxy) is 1. The Morgan fingerprint density at radius 2 is 1.83 bits per heavy atom. The van der Waals surface area contributed by atoms with Gasteiger partial charge in [-0.3, -0.25) is 19.3 Å². The normalized spacial score (nSPS) is 15.2. The second-order valence-corrected chi connectivity index (χ2v) is 9.33. The van der Waals surface area contributed by atoms with Crippen molar-refractivity contribution in [1.82, 2.24) is 4.90 Å². The van der Waals surface area contributed by atoms with E-state index < -0.39 is 36.2 Å². The van der Waals surface area contributed by atoms with Gasteiger partial charge in [-0.25, -0.2) is 4.79 Å². The average Bonchev–Trinajstić information content (AvgIpc) is 3.07. The van der Waals surface area contributed by atoms with Crippen molar-refractivity contribution >= 4 is 75.4 Å². The van der Waals surface area contributed by atoms with E-state index in [1.165, 1.54) is 6.08 Å². The third-order valence-electron chi connectivity index (χ3n) is 4.74. The third-order valence-corrected chi connectivity index (χ3v) is 6.33. The number of carboxylic acids is 2. The van der Waals surface area contributed by atoms with Gasteiger partial charge in [0.15, 0.2) is 6.61 Å². The summed E-state index contributed by atoms with van der Waals surface area (Å²) in [5.41, 5.74) is 1.03. The molecule has 9 nitrogen and oxygen atoms in total. The summed E-state index contributed by atoms with van der Waals surface area (Å²) in [7, 11) is 0. The number of benzene rings is 2. The van der Waals surface area contributed by atoms with Crippen LogP contribution in [0.1, 0.15) is 18.4 Å². The van der Waals surface area contributed by atoms with Gasteiger partial charge in [0.05, 0.1) is 4.91 Å². The first-order valence-electron chi connectivity index (χ1n) is 10.1. The number of nitrogens with one attached hydrogen (secondary N) is 1. The SMILES string of the molecule is O=C(O)CCC(C(=O)O)N1C(=O)/C(=C/c2ccccc2OCC(=O)Nc2ccc(Cl)cc2)SC1=S. The molecule has 1 aliphatic rings. The van der Waals surface area contributed by atoms with Crippen molar-refractivity contribution in [3.63, 3.8) is 0 Å².